The highest BCUT2D eigenvalue weighted by atomic mass is 32.2. The smallest absolute Gasteiger partial charge is 0.307 e. The largest absolute Gasteiger partial charge is 0.333 e. The molecule has 0 radical (unpaired) electrons. The normalized spacial score (nSPS) is 15.8. The number of carbonyl (C=O) groups is 1. The number of urea groups is 1. The number of nitrogens with one attached hydrogen (secondary N) is 2. The second-order valence-electron chi connectivity index (χ2n) is 9.46. The van der Waals surface area contributed by atoms with Crippen molar-refractivity contribution < 1.29 is 13.2 Å². The Bertz CT molecular complexity index is 1090. The van der Waals surface area contributed by atoms with Crippen LogP contribution in [0.1, 0.15) is 48.9 Å². The zero-order valence-electron chi connectivity index (χ0n) is 18.7. The van der Waals surface area contributed by atoms with Crippen LogP contribution in [-0.2, 0) is 41.2 Å². The Morgan fingerprint density at radius 2 is 1.74 bits per heavy atom. The van der Waals surface area contributed by atoms with Gasteiger partial charge in [0.15, 0.2) is 0 Å². The third-order valence-electron chi connectivity index (χ3n) is 6.13. The maximum Gasteiger partial charge on any atom is 0.333 e. The molecule has 8 nitrogen and oxygen atoms in total. The zero-order chi connectivity index (χ0) is 22.4. The molecular formula is C22H31N5O3S. The lowest BCUT2D eigenvalue weighted by Crippen LogP contribution is -2.38. The molecule has 0 unspecified atom stereocenters. The summed E-state index contributed by atoms with van der Waals surface area (Å²) < 4.78 is 29.4. The number of likely N-dealkylation sites (N-methyl/N-ethyl adjacent to an activating group) is 1. The van der Waals surface area contributed by atoms with Gasteiger partial charge in [0.1, 0.15) is 4.90 Å². The molecule has 4 rings (SSSR count). The molecule has 2 aromatic rings. The maximum atomic E-state index is 12.8. The van der Waals surface area contributed by atoms with Gasteiger partial charge in [0.2, 0.25) is 0 Å². The van der Waals surface area contributed by atoms with Crippen LogP contribution in [0, 0.1) is 0 Å². The molecule has 0 fully saturated rings. The number of benzene rings is 1. The van der Waals surface area contributed by atoms with Crippen LogP contribution in [0.5, 0.6) is 0 Å². The van der Waals surface area contributed by atoms with Crippen LogP contribution in [0.3, 0.4) is 0 Å². The van der Waals surface area contributed by atoms with E-state index in [0.29, 0.717) is 6.54 Å². The van der Waals surface area contributed by atoms with Crippen molar-refractivity contribution in [2.45, 2.75) is 62.8 Å². The average Bonchev–Trinajstić information content (AvgIpc) is 3.40. The van der Waals surface area contributed by atoms with E-state index in [1.165, 1.54) is 23.5 Å². The lowest BCUT2D eigenvalue weighted by Gasteiger charge is -2.28. The number of hydrogen-bond acceptors (Lipinski definition) is 5. The van der Waals surface area contributed by atoms with Crippen LogP contribution in [0.25, 0.3) is 0 Å². The topological polar surface area (TPSA) is 96.3 Å². The standard InChI is InChI=1S/C22H31N5O3S/c1-22(2,14-26(3)4)27-13-17(12-23-27)31(29,30)25-21(28)24-20-18-9-5-7-15(18)11-16-8-6-10-19(16)20/h11-13H,5-10,14H2,1-4H3,(H2,24,25,28). The van der Waals surface area contributed by atoms with E-state index in [9.17, 15) is 13.2 Å². The number of hydrogen-bond donors (Lipinski definition) is 2. The molecule has 0 aliphatic heterocycles. The second-order valence-corrected chi connectivity index (χ2v) is 11.1. The van der Waals surface area contributed by atoms with Crippen LogP contribution in [0.4, 0.5) is 10.5 Å². The van der Waals surface area contributed by atoms with Crippen LogP contribution in [-0.4, -0.2) is 49.8 Å². The predicted octanol–water partition coefficient (Wildman–Crippen LogP) is 2.67. The molecule has 31 heavy (non-hydrogen) atoms. The van der Waals surface area contributed by atoms with Crippen molar-refractivity contribution in [3.05, 3.63) is 40.7 Å². The highest BCUT2D eigenvalue weighted by Crippen LogP contribution is 2.38. The molecule has 1 aromatic carbocycles. The van der Waals surface area contributed by atoms with E-state index in [4.69, 9.17) is 0 Å². The highest BCUT2D eigenvalue weighted by molar-refractivity contribution is 7.90. The molecular weight excluding hydrogens is 414 g/mol. The molecule has 2 amide bonds. The van der Waals surface area contributed by atoms with Crippen molar-refractivity contribution >= 4 is 21.7 Å². The molecule has 0 spiro atoms. The number of rotatable bonds is 6. The SMILES string of the molecule is CN(C)CC(C)(C)n1cc(S(=O)(=O)NC(=O)Nc2c3c(cc4c2CCC4)CCC3)cn1. The number of carbonyl (C=O) groups excluding carboxylic acids is 1. The number of aromatic nitrogens is 2. The number of fused-ring (bicyclic) bond motifs is 2. The summed E-state index contributed by atoms with van der Waals surface area (Å²) in [6.45, 7) is 4.65. The molecule has 0 saturated heterocycles. The third kappa shape index (κ3) is 4.34. The lowest BCUT2D eigenvalue weighted by atomic mass is 9.99. The molecule has 168 valence electrons. The summed E-state index contributed by atoms with van der Waals surface area (Å²) >= 11 is 0. The summed E-state index contributed by atoms with van der Waals surface area (Å²) in [6, 6.07) is 1.55. The van der Waals surface area contributed by atoms with E-state index >= 15 is 0 Å². The molecule has 1 aromatic heterocycles. The predicted molar refractivity (Wildman–Crippen MR) is 120 cm³/mol. The minimum Gasteiger partial charge on any atom is -0.307 e. The average molecular weight is 446 g/mol. The van der Waals surface area contributed by atoms with E-state index in [1.807, 2.05) is 32.8 Å². The number of nitrogens with zero attached hydrogens (tertiary/aromatic N) is 3. The number of aryl methyl sites for hydroxylation is 2. The van der Waals surface area contributed by atoms with Gasteiger partial charge in [0, 0.05) is 18.4 Å². The zero-order valence-corrected chi connectivity index (χ0v) is 19.5. The van der Waals surface area contributed by atoms with Gasteiger partial charge >= 0.3 is 6.03 Å². The summed E-state index contributed by atoms with van der Waals surface area (Å²) in [5.41, 5.74) is 5.30. The van der Waals surface area contributed by atoms with E-state index in [0.717, 1.165) is 55.3 Å². The lowest BCUT2D eigenvalue weighted by molar-refractivity contribution is 0.223. The van der Waals surface area contributed by atoms with Crippen molar-refractivity contribution in [1.29, 1.82) is 0 Å². The van der Waals surface area contributed by atoms with Crippen molar-refractivity contribution in [3.8, 4) is 0 Å². The molecule has 0 bridgehead atoms. The number of sulfonamides is 1. The Balaban J connectivity index is 1.53. The highest BCUT2D eigenvalue weighted by Gasteiger charge is 2.28. The molecule has 2 aliphatic carbocycles. The Hall–Kier alpha value is -2.39. The quantitative estimate of drug-likeness (QED) is 0.713. The van der Waals surface area contributed by atoms with Gasteiger partial charge in [-0.2, -0.15) is 5.10 Å². The Labute approximate surface area is 184 Å². The first-order chi connectivity index (χ1) is 14.6. The Morgan fingerprint density at radius 1 is 1.13 bits per heavy atom. The first-order valence-electron chi connectivity index (χ1n) is 10.8. The monoisotopic (exact) mass is 445 g/mol. The molecule has 2 N–H and O–H groups in total. The minimum absolute atomic E-state index is 0.0296. The number of amides is 2. The molecule has 1 heterocycles. The molecule has 2 aliphatic rings. The molecule has 0 atom stereocenters. The van der Waals surface area contributed by atoms with Gasteiger partial charge in [-0.25, -0.2) is 17.9 Å². The number of anilines is 1. The van der Waals surface area contributed by atoms with Gasteiger partial charge in [-0.3, -0.25) is 4.68 Å². The Kier molecular flexibility index (Phi) is 5.59. The van der Waals surface area contributed by atoms with E-state index in [-0.39, 0.29) is 4.90 Å². The van der Waals surface area contributed by atoms with Gasteiger partial charge in [-0.15, -0.1) is 0 Å². The second kappa shape index (κ2) is 7.94. The summed E-state index contributed by atoms with van der Waals surface area (Å²) in [4.78, 5) is 14.7. The van der Waals surface area contributed by atoms with Crippen molar-refractivity contribution in [2.24, 2.45) is 0 Å². The third-order valence-corrected chi connectivity index (χ3v) is 7.42. The summed E-state index contributed by atoms with van der Waals surface area (Å²) in [6.07, 6.45) is 8.74. The fourth-order valence-corrected chi connectivity index (χ4v) is 5.75. The first-order valence-corrected chi connectivity index (χ1v) is 12.3. The molecule has 9 heteroatoms. The van der Waals surface area contributed by atoms with Crippen molar-refractivity contribution in [3.63, 3.8) is 0 Å². The van der Waals surface area contributed by atoms with E-state index in [1.54, 1.807) is 4.68 Å². The van der Waals surface area contributed by atoms with Crippen LogP contribution < -0.4 is 10.0 Å². The van der Waals surface area contributed by atoms with Gasteiger partial charge in [-0.1, -0.05) is 6.07 Å². The van der Waals surface area contributed by atoms with E-state index < -0.39 is 21.6 Å². The Morgan fingerprint density at radius 3 is 2.32 bits per heavy atom. The summed E-state index contributed by atoms with van der Waals surface area (Å²) in [5.74, 6) is 0. The van der Waals surface area contributed by atoms with Crippen LogP contribution in [0.15, 0.2) is 23.4 Å². The van der Waals surface area contributed by atoms with Gasteiger partial charge in [-0.05, 0) is 88.7 Å². The van der Waals surface area contributed by atoms with Crippen molar-refractivity contribution in [1.82, 2.24) is 19.4 Å². The van der Waals surface area contributed by atoms with Gasteiger partial charge in [0.25, 0.3) is 10.0 Å². The summed E-state index contributed by atoms with van der Waals surface area (Å²) in [5, 5.41) is 7.10. The maximum absolute atomic E-state index is 12.8. The van der Waals surface area contributed by atoms with Crippen molar-refractivity contribution in [2.75, 3.05) is 26.0 Å². The van der Waals surface area contributed by atoms with Crippen LogP contribution in [0.2, 0.25) is 0 Å². The fourth-order valence-electron chi connectivity index (χ4n) is 4.91. The summed E-state index contributed by atoms with van der Waals surface area (Å²) in [7, 11) is -0.134. The minimum atomic E-state index is -4.03. The first kappa shape index (κ1) is 21.8. The van der Waals surface area contributed by atoms with Crippen LogP contribution >= 0.6 is 0 Å². The van der Waals surface area contributed by atoms with Gasteiger partial charge < -0.3 is 10.2 Å². The van der Waals surface area contributed by atoms with E-state index in [2.05, 4.69) is 21.2 Å². The fraction of sp³-hybridized carbons (Fsp3) is 0.545. The van der Waals surface area contributed by atoms with Gasteiger partial charge in [0.05, 0.1) is 11.7 Å². The molecule has 0 saturated carbocycles.